The maximum atomic E-state index is 11.9. The van der Waals surface area contributed by atoms with Gasteiger partial charge in [-0.3, -0.25) is 9.59 Å². The monoisotopic (exact) mass is 260 g/mol. The SMILES string of the molecule is CN(C)C(=O)CC1CC(=O)N(Cc2ccccc2)C1. The van der Waals surface area contributed by atoms with Crippen LogP contribution in [0.25, 0.3) is 0 Å². The molecule has 1 heterocycles. The van der Waals surface area contributed by atoms with Crippen molar-refractivity contribution >= 4 is 11.8 Å². The molecular weight excluding hydrogens is 240 g/mol. The van der Waals surface area contributed by atoms with Crippen LogP contribution in [0.1, 0.15) is 18.4 Å². The summed E-state index contributed by atoms with van der Waals surface area (Å²) >= 11 is 0. The fourth-order valence-electron chi connectivity index (χ4n) is 2.38. The molecule has 2 amide bonds. The first-order valence-corrected chi connectivity index (χ1v) is 6.58. The lowest BCUT2D eigenvalue weighted by molar-refractivity contribution is -0.129. The topological polar surface area (TPSA) is 40.6 Å². The molecule has 0 aromatic heterocycles. The smallest absolute Gasteiger partial charge is 0.223 e. The van der Waals surface area contributed by atoms with Gasteiger partial charge in [-0.25, -0.2) is 0 Å². The normalized spacial score (nSPS) is 18.7. The predicted molar refractivity (Wildman–Crippen MR) is 73.3 cm³/mol. The summed E-state index contributed by atoms with van der Waals surface area (Å²) in [6.45, 7) is 1.33. The average molecular weight is 260 g/mol. The predicted octanol–water partition coefficient (Wildman–Crippen LogP) is 1.51. The summed E-state index contributed by atoms with van der Waals surface area (Å²) in [6, 6.07) is 9.96. The number of benzene rings is 1. The quantitative estimate of drug-likeness (QED) is 0.823. The van der Waals surface area contributed by atoms with Crippen molar-refractivity contribution in [3.05, 3.63) is 35.9 Å². The highest BCUT2D eigenvalue weighted by molar-refractivity contribution is 5.81. The fourth-order valence-corrected chi connectivity index (χ4v) is 2.38. The van der Waals surface area contributed by atoms with Gasteiger partial charge in [-0.15, -0.1) is 0 Å². The largest absolute Gasteiger partial charge is 0.349 e. The Balaban J connectivity index is 1.91. The van der Waals surface area contributed by atoms with Crippen molar-refractivity contribution in [3.63, 3.8) is 0 Å². The van der Waals surface area contributed by atoms with Gasteiger partial charge in [-0.05, 0) is 11.5 Å². The van der Waals surface area contributed by atoms with E-state index in [1.54, 1.807) is 19.0 Å². The first-order valence-electron chi connectivity index (χ1n) is 6.58. The second kappa shape index (κ2) is 5.87. The zero-order valence-corrected chi connectivity index (χ0v) is 11.5. The van der Waals surface area contributed by atoms with E-state index < -0.39 is 0 Å². The Labute approximate surface area is 114 Å². The summed E-state index contributed by atoms with van der Waals surface area (Å²) in [6.07, 6.45) is 0.955. The summed E-state index contributed by atoms with van der Waals surface area (Å²) < 4.78 is 0. The Bertz CT molecular complexity index is 456. The number of nitrogens with zero attached hydrogens (tertiary/aromatic N) is 2. The molecule has 0 spiro atoms. The highest BCUT2D eigenvalue weighted by atomic mass is 16.2. The van der Waals surface area contributed by atoms with Crippen molar-refractivity contribution in [1.82, 2.24) is 9.80 Å². The number of hydrogen-bond acceptors (Lipinski definition) is 2. The van der Waals surface area contributed by atoms with Crippen LogP contribution in [0.2, 0.25) is 0 Å². The molecule has 0 radical (unpaired) electrons. The van der Waals surface area contributed by atoms with E-state index in [2.05, 4.69) is 0 Å². The van der Waals surface area contributed by atoms with Crippen LogP contribution in [0.5, 0.6) is 0 Å². The van der Waals surface area contributed by atoms with Crippen molar-refractivity contribution in [2.24, 2.45) is 5.92 Å². The first-order chi connectivity index (χ1) is 9.06. The molecule has 0 N–H and O–H groups in total. The molecule has 1 fully saturated rings. The van der Waals surface area contributed by atoms with Gasteiger partial charge in [0, 0.05) is 40.0 Å². The van der Waals surface area contributed by atoms with Gasteiger partial charge in [0.15, 0.2) is 0 Å². The van der Waals surface area contributed by atoms with Crippen molar-refractivity contribution in [2.75, 3.05) is 20.6 Å². The zero-order chi connectivity index (χ0) is 13.8. The molecule has 1 saturated heterocycles. The molecule has 2 rings (SSSR count). The Morgan fingerprint density at radius 1 is 1.32 bits per heavy atom. The number of amides is 2. The number of rotatable bonds is 4. The van der Waals surface area contributed by atoms with Gasteiger partial charge in [0.1, 0.15) is 0 Å². The van der Waals surface area contributed by atoms with Crippen LogP contribution in [-0.2, 0) is 16.1 Å². The van der Waals surface area contributed by atoms with E-state index in [4.69, 9.17) is 0 Å². The Kier molecular flexibility index (Phi) is 4.20. The Morgan fingerprint density at radius 2 is 2.00 bits per heavy atom. The molecule has 4 heteroatoms. The van der Waals surface area contributed by atoms with Crippen LogP contribution in [-0.4, -0.2) is 42.3 Å². The third-order valence-corrected chi connectivity index (χ3v) is 3.47. The minimum Gasteiger partial charge on any atom is -0.349 e. The summed E-state index contributed by atoms with van der Waals surface area (Å²) in [4.78, 5) is 27.0. The number of likely N-dealkylation sites (tertiary alicyclic amines) is 1. The number of carbonyl (C=O) groups is 2. The van der Waals surface area contributed by atoms with E-state index in [0.717, 1.165) is 5.56 Å². The van der Waals surface area contributed by atoms with E-state index in [0.29, 0.717) is 25.9 Å². The molecule has 1 atom stereocenters. The Hall–Kier alpha value is -1.84. The minimum atomic E-state index is 0.0966. The van der Waals surface area contributed by atoms with Crippen LogP contribution in [0.4, 0.5) is 0 Å². The second-order valence-electron chi connectivity index (χ2n) is 5.32. The molecule has 1 aromatic carbocycles. The minimum absolute atomic E-state index is 0.0966. The van der Waals surface area contributed by atoms with E-state index in [9.17, 15) is 9.59 Å². The molecule has 19 heavy (non-hydrogen) atoms. The van der Waals surface area contributed by atoms with Gasteiger partial charge in [0.25, 0.3) is 0 Å². The van der Waals surface area contributed by atoms with Crippen LogP contribution >= 0.6 is 0 Å². The lowest BCUT2D eigenvalue weighted by atomic mass is 10.0. The first kappa shape index (κ1) is 13.6. The zero-order valence-electron chi connectivity index (χ0n) is 11.5. The summed E-state index contributed by atoms with van der Waals surface area (Å²) in [7, 11) is 3.50. The van der Waals surface area contributed by atoms with Gasteiger partial charge in [-0.2, -0.15) is 0 Å². The van der Waals surface area contributed by atoms with Gasteiger partial charge < -0.3 is 9.80 Å². The molecule has 0 aliphatic carbocycles. The van der Waals surface area contributed by atoms with Crippen LogP contribution in [0, 0.1) is 5.92 Å². The van der Waals surface area contributed by atoms with E-state index in [1.165, 1.54) is 0 Å². The molecule has 1 unspecified atom stereocenters. The molecule has 4 nitrogen and oxygen atoms in total. The van der Waals surface area contributed by atoms with Gasteiger partial charge in [0.05, 0.1) is 0 Å². The van der Waals surface area contributed by atoms with E-state index in [1.807, 2.05) is 35.2 Å². The molecule has 1 aromatic rings. The lowest BCUT2D eigenvalue weighted by Gasteiger charge is -2.17. The summed E-state index contributed by atoms with van der Waals surface area (Å²) in [5.74, 6) is 0.408. The van der Waals surface area contributed by atoms with E-state index in [-0.39, 0.29) is 17.7 Å². The van der Waals surface area contributed by atoms with Crippen molar-refractivity contribution < 1.29 is 9.59 Å². The maximum absolute atomic E-state index is 11.9. The van der Waals surface area contributed by atoms with Crippen molar-refractivity contribution in [1.29, 1.82) is 0 Å². The molecule has 0 saturated carbocycles. The molecule has 1 aliphatic rings. The van der Waals surface area contributed by atoms with E-state index >= 15 is 0 Å². The Morgan fingerprint density at radius 3 is 2.63 bits per heavy atom. The maximum Gasteiger partial charge on any atom is 0.223 e. The summed E-state index contributed by atoms with van der Waals surface area (Å²) in [5.41, 5.74) is 1.13. The van der Waals surface area contributed by atoms with Crippen LogP contribution in [0.15, 0.2) is 30.3 Å². The summed E-state index contributed by atoms with van der Waals surface area (Å²) in [5, 5.41) is 0. The average Bonchev–Trinajstić information content (AvgIpc) is 2.71. The van der Waals surface area contributed by atoms with Crippen molar-refractivity contribution in [3.8, 4) is 0 Å². The van der Waals surface area contributed by atoms with Gasteiger partial charge in [0.2, 0.25) is 11.8 Å². The third kappa shape index (κ3) is 3.56. The van der Waals surface area contributed by atoms with Crippen molar-refractivity contribution in [2.45, 2.75) is 19.4 Å². The van der Waals surface area contributed by atoms with Gasteiger partial charge in [-0.1, -0.05) is 30.3 Å². The van der Waals surface area contributed by atoms with Crippen LogP contribution < -0.4 is 0 Å². The molecule has 0 bridgehead atoms. The highest BCUT2D eigenvalue weighted by Crippen LogP contribution is 2.23. The third-order valence-electron chi connectivity index (χ3n) is 3.47. The number of hydrogen-bond donors (Lipinski definition) is 0. The highest BCUT2D eigenvalue weighted by Gasteiger charge is 2.31. The molecular formula is C15H20N2O2. The molecule has 102 valence electrons. The lowest BCUT2D eigenvalue weighted by Crippen LogP contribution is -2.27. The number of carbonyl (C=O) groups excluding carboxylic acids is 2. The fraction of sp³-hybridized carbons (Fsp3) is 0.467. The molecule has 1 aliphatic heterocycles. The van der Waals surface area contributed by atoms with Crippen LogP contribution in [0.3, 0.4) is 0 Å². The second-order valence-corrected chi connectivity index (χ2v) is 5.32. The van der Waals surface area contributed by atoms with Gasteiger partial charge >= 0.3 is 0 Å². The standard InChI is InChI=1S/C15H20N2O2/c1-16(2)14(18)8-13-9-15(19)17(11-13)10-12-6-4-3-5-7-12/h3-7,13H,8-11H2,1-2H3.